The van der Waals surface area contributed by atoms with E-state index in [-0.39, 0.29) is 53.3 Å². The molecule has 0 bridgehead atoms. The molecule has 0 saturated carbocycles. The zero-order valence-electron chi connectivity index (χ0n) is 69.7. The molecule has 128 heavy (non-hydrogen) atoms. The number of benzene rings is 9. The van der Waals surface area contributed by atoms with Crippen molar-refractivity contribution in [2.75, 3.05) is 98.7 Å². The molecule has 0 unspecified atom stereocenters. The van der Waals surface area contributed by atoms with Crippen molar-refractivity contribution in [3.8, 4) is 22.7 Å². The van der Waals surface area contributed by atoms with E-state index in [2.05, 4.69) is 158 Å². The highest BCUT2D eigenvalue weighted by molar-refractivity contribution is 6.05. The third-order valence-corrected chi connectivity index (χ3v) is 20.5. The fraction of sp³-hybridized carbons (Fsp3) is 0.152. The summed E-state index contributed by atoms with van der Waals surface area (Å²) in [7, 11) is 2.08. The maximum atomic E-state index is 12.8. The Kier molecular flexibility index (Phi) is 26.8. The van der Waals surface area contributed by atoms with Gasteiger partial charge in [-0.1, -0.05) is 152 Å². The lowest BCUT2D eigenvalue weighted by Crippen LogP contribution is -2.36. The van der Waals surface area contributed by atoms with Crippen LogP contribution in [-0.2, 0) is 4.79 Å². The summed E-state index contributed by atoms with van der Waals surface area (Å²) >= 11 is 0. The van der Waals surface area contributed by atoms with Gasteiger partial charge in [-0.2, -0.15) is 43.6 Å². The number of hydrogen-bond acceptors (Lipinski definition) is 27. The number of para-hydroxylation sites is 6. The summed E-state index contributed by atoms with van der Waals surface area (Å²) in [6, 6.07) is 83.6. The van der Waals surface area contributed by atoms with Crippen molar-refractivity contribution in [1.82, 2.24) is 104 Å². The molecule has 36 heteroatoms. The normalized spacial score (nSPS) is 12.4. The molecule has 36 nitrogen and oxygen atoms in total. The number of carbonyl (C=O) groups excluding carboxylic acids is 4. The first kappa shape index (κ1) is 84.4. The third kappa shape index (κ3) is 21.3. The number of piperidine rings is 1. The molecule has 0 spiro atoms. The highest BCUT2D eigenvalue weighted by Crippen LogP contribution is 2.31. The fourth-order valence-corrected chi connectivity index (χ4v) is 14.0. The number of H-pyrrole nitrogens is 1. The summed E-state index contributed by atoms with van der Waals surface area (Å²) in [6.07, 6.45) is 8.56. The first-order valence-electron chi connectivity index (χ1n) is 41.4. The number of aromatic nitrogens is 20. The van der Waals surface area contributed by atoms with Gasteiger partial charge in [0.15, 0.2) is 0 Å². The Labute approximate surface area is 733 Å². The molecule has 2 fully saturated rings. The van der Waals surface area contributed by atoms with Crippen LogP contribution in [0.1, 0.15) is 70.6 Å². The number of rotatable bonds is 24. The Balaban J connectivity index is 0.000000125. The van der Waals surface area contributed by atoms with E-state index >= 15 is 0 Å². The lowest BCUT2D eigenvalue weighted by Gasteiger charge is -2.27. The monoisotopic (exact) mass is 1710 g/mol. The van der Waals surface area contributed by atoms with E-state index in [0.717, 1.165) is 97.4 Å². The van der Waals surface area contributed by atoms with Gasteiger partial charge < -0.3 is 41.0 Å². The van der Waals surface area contributed by atoms with Gasteiger partial charge in [0.1, 0.15) is 53.9 Å². The molecule has 19 rings (SSSR count). The molecule has 17 aromatic rings. The van der Waals surface area contributed by atoms with E-state index in [1.165, 1.54) is 36.5 Å². The van der Waals surface area contributed by atoms with Gasteiger partial charge in [0.25, 0.3) is 41.5 Å². The van der Waals surface area contributed by atoms with Crippen LogP contribution in [-0.4, -0.2) is 174 Å². The Bertz CT molecular complexity index is 6490. The molecule has 2 saturated heterocycles. The van der Waals surface area contributed by atoms with Crippen molar-refractivity contribution in [3.05, 3.63) is 319 Å². The van der Waals surface area contributed by atoms with Crippen molar-refractivity contribution < 1.29 is 19.2 Å². The zero-order chi connectivity index (χ0) is 87.9. The van der Waals surface area contributed by atoms with E-state index in [4.69, 9.17) is 0 Å². The van der Waals surface area contributed by atoms with Gasteiger partial charge in [0, 0.05) is 71.7 Å². The van der Waals surface area contributed by atoms with Crippen molar-refractivity contribution in [1.29, 1.82) is 0 Å². The van der Waals surface area contributed by atoms with Gasteiger partial charge in [0.05, 0.1) is 33.8 Å². The van der Waals surface area contributed by atoms with Gasteiger partial charge in [-0.05, 0) is 169 Å². The standard InChI is InChI=1S/C23H24N8O.C23H22N8O.C23H24N8O.C23H17N7O2/c1-30-13-11-16(12-14-30)21(32)27-22-28-23(31(29-22)17-7-3-2-4-8-17)26-20-18-9-5-6-10-19(18)24-15-25-20;32-21(17-9-3-1-4-10-17)27-22-28-23(31(29-22)18-11-5-2-6-12-18)26-19-15-20(25-16-24-19)30-13-7-8-14-30;1-3-30(4-2)20-15-19(24-16-25-20)26-23-28-22(27-21(32)17-11-7-5-8-12-17)29-31(23)18-13-9-6-10-14-18;31-20(15-9-3-1-4-10-15)27-21-28-22(30(29-21)16-11-5-2-6-12-16)25-19-17-13-7-8-14-18(17)24-23(32)26-19/h2-10,15-16H,11-14H2,1H3,(H2,24,25,26,27,28,29,32);1-6,9-12,15-16H,7-8,13-14H2,(H2,24,25,26,27,28,29,32);5-16H,3-4H2,1-2H3,(H2,24,25,26,27,28,29,32);1-14H,(H3,24,25,26,27,28,29,31,32). The highest BCUT2D eigenvalue weighted by Gasteiger charge is 2.27. The van der Waals surface area contributed by atoms with Crippen molar-refractivity contribution in [2.45, 2.75) is 39.5 Å². The van der Waals surface area contributed by atoms with Crippen LogP contribution in [0.15, 0.2) is 297 Å². The second-order valence-electron chi connectivity index (χ2n) is 29.1. The molecule has 0 atom stereocenters. The molecular formula is C92H87N31O5. The number of amides is 4. The second-order valence-corrected chi connectivity index (χ2v) is 29.1. The van der Waals surface area contributed by atoms with E-state index in [9.17, 15) is 24.0 Å². The predicted octanol–water partition coefficient (Wildman–Crippen LogP) is 14.3. The molecule has 2 aliphatic rings. The molecule has 0 aliphatic carbocycles. The molecule has 0 radical (unpaired) electrons. The SMILES string of the molecule is CCN(CC)c1cc(Nc2nc(NC(=O)c3ccccc3)nn2-c2ccccc2)ncn1.CN1CCC(C(=O)Nc2nc(Nc3ncnc4ccccc34)n(-c3ccccc3)n2)CC1.O=C(Nc1nc(Nc2cc(N3CCCC3)ncn2)n(-c2ccccc2)n1)c1ccccc1.O=C(Nc1nc(Nc2nc(=O)[nH]c3ccccc23)n(-c2ccccc2)n1)c1ccccc1. The van der Waals surface area contributed by atoms with Crippen LogP contribution in [0, 0.1) is 5.92 Å². The smallest absolute Gasteiger partial charge is 0.347 e. The lowest BCUT2D eigenvalue weighted by atomic mass is 9.96. The molecule has 640 valence electrons. The number of likely N-dealkylation sites (tertiary alicyclic amines) is 1. The van der Waals surface area contributed by atoms with Gasteiger partial charge in [-0.3, -0.25) is 40.4 Å². The molecule has 8 aromatic heterocycles. The number of aromatic amines is 1. The molecular weight excluding hydrogens is 1620 g/mol. The number of carbonyl (C=O) groups is 4. The summed E-state index contributed by atoms with van der Waals surface area (Å²) in [4.78, 5) is 120. The van der Waals surface area contributed by atoms with E-state index in [0.29, 0.717) is 74.7 Å². The van der Waals surface area contributed by atoms with Crippen LogP contribution >= 0.6 is 0 Å². The van der Waals surface area contributed by atoms with Gasteiger partial charge in [-0.15, -0.1) is 20.4 Å². The predicted molar refractivity (Wildman–Crippen MR) is 492 cm³/mol. The van der Waals surface area contributed by atoms with Gasteiger partial charge in [-0.25, -0.2) is 34.7 Å². The van der Waals surface area contributed by atoms with Crippen LogP contribution in [0.3, 0.4) is 0 Å². The summed E-state index contributed by atoms with van der Waals surface area (Å²) in [5.41, 5.74) is 5.65. The highest BCUT2D eigenvalue weighted by atomic mass is 16.2. The van der Waals surface area contributed by atoms with E-state index < -0.39 is 5.69 Å². The summed E-state index contributed by atoms with van der Waals surface area (Å²) in [5, 5.41) is 43.5. The van der Waals surface area contributed by atoms with Crippen LogP contribution < -0.4 is 58.0 Å². The minimum Gasteiger partial charge on any atom is -0.357 e. The zero-order valence-corrected chi connectivity index (χ0v) is 69.7. The third-order valence-electron chi connectivity index (χ3n) is 20.5. The molecule has 9 aromatic carbocycles. The van der Waals surface area contributed by atoms with Crippen molar-refractivity contribution >= 4 is 128 Å². The average Bonchev–Trinajstić information content (AvgIpc) is 1.53. The van der Waals surface area contributed by atoms with Gasteiger partial charge in [0.2, 0.25) is 29.7 Å². The maximum absolute atomic E-state index is 12.8. The topological polar surface area (TPSA) is 420 Å². The Morgan fingerprint density at radius 1 is 0.391 bits per heavy atom. The fourth-order valence-electron chi connectivity index (χ4n) is 14.0. The quantitative estimate of drug-likeness (QED) is 0.0271. The van der Waals surface area contributed by atoms with Crippen LogP contribution in [0.4, 0.5) is 82.5 Å². The van der Waals surface area contributed by atoms with Gasteiger partial charge >= 0.3 is 5.69 Å². The summed E-state index contributed by atoms with van der Waals surface area (Å²) in [6.45, 7) is 9.64. The Morgan fingerprint density at radius 2 is 0.773 bits per heavy atom. The lowest BCUT2D eigenvalue weighted by molar-refractivity contribution is -0.121. The minimum atomic E-state index is -0.491. The molecule has 10 heterocycles. The Morgan fingerprint density at radius 3 is 1.23 bits per heavy atom. The van der Waals surface area contributed by atoms with Crippen LogP contribution in [0.2, 0.25) is 0 Å². The number of fused-ring (bicyclic) bond motifs is 2. The Hall–Kier alpha value is -17.2. The average molecular weight is 1710 g/mol. The van der Waals surface area contributed by atoms with Crippen molar-refractivity contribution in [2.24, 2.45) is 5.92 Å². The van der Waals surface area contributed by atoms with Crippen molar-refractivity contribution in [3.63, 3.8) is 0 Å². The van der Waals surface area contributed by atoms with E-state index in [1.807, 2.05) is 206 Å². The molecule has 9 N–H and O–H groups in total. The first-order chi connectivity index (χ1) is 62.8. The summed E-state index contributed by atoms with van der Waals surface area (Å²) < 4.78 is 6.47. The molecule has 2 aliphatic heterocycles. The number of nitrogens with one attached hydrogen (secondary N) is 9. The van der Waals surface area contributed by atoms with E-state index in [1.54, 1.807) is 80.8 Å². The summed E-state index contributed by atoms with van der Waals surface area (Å²) in [5.74, 6) is 5.22. The van der Waals surface area contributed by atoms with Crippen LogP contribution in [0.5, 0.6) is 0 Å². The van der Waals surface area contributed by atoms with Crippen LogP contribution in [0.25, 0.3) is 44.6 Å². The minimum absolute atomic E-state index is 0.0305. The number of anilines is 14. The largest absolute Gasteiger partial charge is 0.357 e. The first-order valence-corrected chi connectivity index (χ1v) is 41.4. The molecule has 4 amide bonds. The number of hydrogen-bond donors (Lipinski definition) is 9. The number of nitrogens with zero attached hydrogens (tertiary/aromatic N) is 22. The second kappa shape index (κ2) is 40.7. The maximum Gasteiger partial charge on any atom is 0.347 e.